The van der Waals surface area contributed by atoms with E-state index in [1.807, 2.05) is 12.1 Å². The van der Waals surface area contributed by atoms with E-state index in [-0.39, 0.29) is 17.5 Å². The maximum absolute atomic E-state index is 12.8. The van der Waals surface area contributed by atoms with Gasteiger partial charge in [-0.05, 0) is 29.8 Å². The number of carbonyl (C=O) groups excluding carboxylic acids is 2. The summed E-state index contributed by atoms with van der Waals surface area (Å²) in [5.41, 5.74) is 1.86. The zero-order chi connectivity index (χ0) is 22.1. The lowest BCUT2D eigenvalue weighted by Crippen LogP contribution is -2.41. The van der Waals surface area contributed by atoms with Crippen LogP contribution < -0.4 is 16.0 Å². The standard InChI is InChI=1S/C23H22N4O4/c28-22(18-9-5-2-6-10-18)26-21(17-7-3-1-4-8-17)23(29)25-16-15-24-19-11-13-20(14-12-19)27(30)31/h1-14,21,24H,15-16H2,(H,25,29)(H,26,28). The average molecular weight is 418 g/mol. The molecule has 2 amide bonds. The first kappa shape index (κ1) is 21.5. The van der Waals surface area contributed by atoms with Gasteiger partial charge in [-0.15, -0.1) is 0 Å². The van der Waals surface area contributed by atoms with Crippen LogP contribution in [0.4, 0.5) is 11.4 Å². The van der Waals surface area contributed by atoms with Crippen LogP contribution in [0.2, 0.25) is 0 Å². The Morgan fingerprint density at radius 1 is 0.839 bits per heavy atom. The molecule has 1 unspecified atom stereocenters. The first-order chi connectivity index (χ1) is 15.0. The van der Waals surface area contributed by atoms with Gasteiger partial charge in [-0.1, -0.05) is 48.5 Å². The average Bonchev–Trinajstić information content (AvgIpc) is 2.81. The number of carbonyl (C=O) groups is 2. The van der Waals surface area contributed by atoms with Gasteiger partial charge in [0.25, 0.3) is 11.6 Å². The monoisotopic (exact) mass is 418 g/mol. The van der Waals surface area contributed by atoms with E-state index in [9.17, 15) is 19.7 Å². The van der Waals surface area contributed by atoms with Gasteiger partial charge in [0.1, 0.15) is 6.04 Å². The number of benzene rings is 3. The molecule has 3 rings (SSSR count). The van der Waals surface area contributed by atoms with E-state index in [4.69, 9.17) is 0 Å². The van der Waals surface area contributed by atoms with E-state index in [0.29, 0.717) is 29.9 Å². The summed E-state index contributed by atoms with van der Waals surface area (Å²) in [5.74, 6) is -0.672. The zero-order valence-electron chi connectivity index (χ0n) is 16.7. The highest BCUT2D eigenvalue weighted by atomic mass is 16.6. The fourth-order valence-electron chi connectivity index (χ4n) is 2.95. The molecule has 0 aliphatic heterocycles. The first-order valence-corrected chi connectivity index (χ1v) is 9.71. The molecule has 1 atom stereocenters. The van der Waals surface area contributed by atoms with Crippen LogP contribution in [0.15, 0.2) is 84.9 Å². The number of nitro groups is 1. The Hall–Kier alpha value is -4.20. The molecule has 0 spiro atoms. The second-order valence-electron chi connectivity index (χ2n) is 6.70. The highest BCUT2D eigenvalue weighted by Crippen LogP contribution is 2.16. The largest absolute Gasteiger partial charge is 0.383 e. The normalized spacial score (nSPS) is 11.2. The van der Waals surface area contributed by atoms with E-state index < -0.39 is 11.0 Å². The lowest BCUT2D eigenvalue weighted by Gasteiger charge is -2.19. The zero-order valence-corrected chi connectivity index (χ0v) is 16.7. The molecule has 0 saturated heterocycles. The SMILES string of the molecule is O=C(NC(C(=O)NCCNc1ccc([N+](=O)[O-])cc1)c1ccccc1)c1ccccc1. The molecule has 8 heteroatoms. The van der Waals surface area contributed by atoms with Crippen LogP contribution in [0.3, 0.4) is 0 Å². The Labute approximate surface area is 179 Å². The number of nitrogens with zero attached hydrogens (tertiary/aromatic N) is 1. The van der Waals surface area contributed by atoms with Crippen molar-refractivity contribution in [1.29, 1.82) is 0 Å². The molecule has 3 N–H and O–H groups in total. The summed E-state index contributed by atoms with van der Waals surface area (Å²) in [4.78, 5) is 35.6. The Morgan fingerprint density at radius 3 is 2.06 bits per heavy atom. The molecule has 3 aromatic carbocycles. The van der Waals surface area contributed by atoms with Crippen molar-refractivity contribution in [2.45, 2.75) is 6.04 Å². The van der Waals surface area contributed by atoms with Gasteiger partial charge >= 0.3 is 0 Å². The van der Waals surface area contributed by atoms with Gasteiger partial charge in [-0.2, -0.15) is 0 Å². The number of hydrogen-bond donors (Lipinski definition) is 3. The van der Waals surface area contributed by atoms with Crippen LogP contribution in [0.25, 0.3) is 0 Å². The molecule has 0 aromatic heterocycles. The van der Waals surface area contributed by atoms with E-state index in [2.05, 4.69) is 16.0 Å². The van der Waals surface area contributed by atoms with Crippen LogP contribution in [0.1, 0.15) is 22.0 Å². The van der Waals surface area contributed by atoms with Crippen molar-refractivity contribution in [2.24, 2.45) is 0 Å². The van der Waals surface area contributed by atoms with Crippen LogP contribution in [-0.2, 0) is 4.79 Å². The fraction of sp³-hybridized carbons (Fsp3) is 0.130. The predicted molar refractivity (Wildman–Crippen MR) is 118 cm³/mol. The van der Waals surface area contributed by atoms with E-state index in [1.54, 1.807) is 60.7 Å². The Morgan fingerprint density at radius 2 is 1.45 bits per heavy atom. The fourth-order valence-corrected chi connectivity index (χ4v) is 2.95. The molecule has 0 bridgehead atoms. The third-order valence-electron chi connectivity index (χ3n) is 4.54. The third-order valence-corrected chi connectivity index (χ3v) is 4.54. The van der Waals surface area contributed by atoms with Crippen LogP contribution in [0.5, 0.6) is 0 Å². The number of non-ortho nitro benzene ring substituents is 1. The van der Waals surface area contributed by atoms with Gasteiger partial charge in [0.15, 0.2) is 0 Å². The maximum Gasteiger partial charge on any atom is 0.269 e. The molecule has 0 saturated carbocycles. The van der Waals surface area contributed by atoms with Crippen molar-refractivity contribution in [3.63, 3.8) is 0 Å². The Balaban J connectivity index is 1.58. The summed E-state index contributed by atoms with van der Waals surface area (Å²) >= 11 is 0. The van der Waals surface area contributed by atoms with Crippen molar-refractivity contribution in [3.05, 3.63) is 106 Å². The van der Waals surface area contributed by atoms with Gasteiger partial charge in [0, 0.05) is 36.5 Å². The summed E-state index contributed by atoms with van der Waals surface area (Å²) in [6.45, 7) is 0.720. The molecule has 0 radical (unpaired) electrons. The van der Waals surface area contributed by atoms with Crippen LogP contribution in [0, 0.1) is 10.1 Å². The lowest BCUT2D eigenvalue weighted by atomic mass is 10.1. The van der Waals surface area contributed by atoms with Gasteiger partial charge in [-0.3, -0.25) is 19.7 Å². The molecule has 31 heavy (non-hydrogen) atoms. The molecular weight excluding hydrogens is 396 g/mol. The van der Waals surface area contributed by atoms with Crippen LogP contribution >= 0.6 is 0 Å². The van der Waals surface area contributed by atoms with Crippen molar-refractivity contribution in [3.8, 4) is 0 Å². The number of amides is 2. The number of nitro benzene ring substituents is 1. The first-order valence-electron chi connectivity index (χ1n) is 9.71. The highest BCUT2D eigenvalue weighted by molar-refractivity contribution is 5.97. The minimum atomic E-state index is -0.840. The summed E-state index contributed by atoms with van der Waals surface area (Å²) in [5, 5.41) is 19.4. The molecule has 0 aliphatic carbocycles. The highest BCUT2D eigenvalue weighted by Gasteiger charge is 2.22. The van der Waals surface area contributed by atoms with Crippen molar-refractivity contribution >= 4 is 23.2 Å². The van der Waals surface area contributed by atoms with Gasteiger partial charge in [0.05, 0.1) is 4.92 Å². The topological polar surface area (TPSA) is 113 Å². The molecule has 0 fully saturated rings. The number of rotatable bonds is 9. The second-order valence-corrected chi connectivity index (χ2v) is 6.70. The summed E-state index contributed by atoms with van der Waals surface area (Å²) in [6.07, 6.45) is 0. The van der Waals surface area contributed by atoms with Gasteiger partial charge in [-0.25, -0.2) is 0 Å². The third kappa shape index (κ3) is 6.14. The molecule has 0 heterocycles. The van der Waals surface area contributed by atoms with E-state index >= 15 is 0 Å². The van der Waals surface area contributed by atoms with E-state index in [0.717, 1.165) is 0 Å². The minimum absolute atomic E-state index is 0.0127. The van der Waals surface area contributed by atoms with Gasteiger partial charge < -0.3 is 16.0 Å². The van der Waals surface area contributed by atoms with Crippen molar-refractivity contribution in [2.75, 3.05) is 18.4 Å². The minimum Gasteiger partial charge on any atom is -0.383 e. The molecule has 8 nitrogen and oxygen atoms in total. The maximum atomic E-state index is 12.8. The van der Waals surface area contributed by atoms with E-state index in [1.165, 1.54) is 12.1 Å². The van der Waals surface area contributed by atoms with Crippen LogP contribution in [-0.4, -0.2) is 29.8 Å². The quantitative estimate of drug-likeness (QED) is 0.280. The second kappa shape index (κ2) is 10.5. The van der Waals surface area contributed by atoms with Gasteiger partial charge in [0.2, 0.25) is 5.91 Å². The van der Waals surface area contributed by atoms with Crippen molar-refractivity contribution < 1.29 is 14.5 Å². The number of anilines is 1. The lowest BCUT2D eigenvalue weighted by molar-refractivity contribution is -0.384. The summed E-state index contributed by atoms with van der Waals surface area (Å²) in [6, 6.07) is 22.9. The predicted octanol–water partition coefficient (Wildman–Crippen LogP) is 3.29. The smallest absolute Gasteiger partial charge is 0.269 e. The molecular formula is C23H22N4O4. The molecule has 0 aliphatic rings. The summed E-state index contributed by atoms with van der Waals surface area (Å²) < 4.78 is 0. The number of nitrogens with one attached hydrogen (secondary N) is 3. The summed E-state index contributed by atoms with van der Waals surface area (Å²) in [7, 11) is 0. The number of hydrogen-bond acceptors (Lipinski definition) is 5. The Bertz CT molecular complexity index is 1020. The Kier molecular flexibility index (Phi) is 7.31. The molecule has 158 valence electrons. The van der Waals surface area contributed by atoms with Crippen molar-refractivity contribution in [1.82, 2.24) is 10.6 Å². The molecule has 3 aromatic rings.